The lowest BCUT2D eigenvalue weighted by Crippen LogP contribution is -2.64. The average molecular weight is 951 g/mol. The molecular weight excluding hydrogens is 860 g/mol. The Labute approximate surface area is 399 Å². The van der Waals surface area contributed by atoms with Crippen LogP contribution in [0.3, 0.4) is 0 Å². The first-order chi connectivity index (χ1) is 32.0. The number of carbonyl (C=O) groups is 1. The lowest BCUT2D eigenvalue weighted by molar-refractivity contribution is -0.220. The molecule has 6 unspecified atom stereocenters. The van der Waals surface area contributed by atoms with Gasteiger partial charge in [0.1, 0.15) is 42.7 Å². The van der Waals surface area contributed by atoms with Gasteiger partial charge in [-0.2, -0.15) is 0 Å². The van der Waals surface area contributed by atoms with Crippen molar-refractivity contribution in [2.75, 3.05) is 19.8 Å². The van der Waals surface area contributed by atoms with Crippen LogP contribution in [0.4, 0.5) is 0 Å². The molecule has 0 spiro atoms. The van der Waals surface area contributed by atoms with E-state index in [1.54, 1.807) is 0 Å². The smallest absolute Gasteiger partial charge is 0.457 e. The zero-order valence-electron chi connectivity index (χ0n) is 40.7. The zero-order chi connectivity index (χ0) is 48.4. The molecule has 6 N–H and O–H groups in total. The Kier molecular flexibility index (Phi) is 39.7. The highest BCUT2D eigenvalue weighted by Crippen LogP contribution is 2.47. The predicted octanol–water partition coefficient (Wildman–Crippen LogP) is 11.3. The number of aliphatic hydroxyl groups excluding tert-OH is 5. The zero-order valence-corrected chi connectivity index (χ0v) is 41.6. The van der Waals surface area contributed by atoms with Crippen molar-refractivity contribution in [3.8, 4) is 0 Å². The van der Waals surface area contributed by atoms with E-state index >= 15 is 0 Å². The first kappa shape index (κ1) is 61.5. The van der Waals surface area contributed by atoms with Crippen LogP contribution >= 0.6 is 7.82 Å². The van der Waals surface area contributed by atoms with Crippen LogP contribution in [0.15, 0.2) is 85.1 Å². The number of carbonyl (C=O) groups excluding carboxylic acids is 1. The van der Waals surface area contributed by atoms with Gasteiger partial charge in [0.05, 0.1) is 13.2 Å². The van der Waals surface area contributed by atoms with E-state index in [-0.39, 0.29) is 13.0 Å². The second-order valence-electron chi connectivity index (χ2n) is 17.3. The minimum atomic E-state index is -5.05. The van der Waals surface area contributed by atoms with E-state index in [2.05, 4.69) is 86.8 Å². The largest absolute Gasteiger partial charge is 0.472 e. The highest BCUT2D eigenvalue weighted by Gasteiger charge is 2.51. The summed E-state index contributed by atoms with van der Waals surface area (Å²) < 4.78 is 34.2. The van der Waals surface area contributed by atoms with Crippen molar-refractivity contribution in [3.63, 3.8) is 0 Å². The molecule has 6 atom stereocenters. The van der Waals surface area contributed by atoms with Crippen LogP contribution in [0.2, 0.25) is 0 Å². The molecule has 1 rings (SSSR count). The van der Waals surface area contributed by atoms with Gasteiger partial charge in [0, 0.05) is 13.0 Å². The Bertz CT molecular complexity index is 1410. The fourth-order valence-electron chi connectivity index (χ4n) is 7.26. The van der Waals surface area contributed by atoms with Crippen molar-refractivity contribution in [2.45, 2.75) is 224 Å². The van der Waals surface area contributed by atoms with Crippen LogP contribution in [0.5, 0.6) is 0 Å². The van der Waals surface area contributed by atoms with Crippen molar-refractivity contribution in [1.29, 1.82) is 0 Å². The van der Waals surface area contributed by atoms with Crippen molar-refractivity contribution in [1.82, 2.24) is 0 Å². The second kappa shape index (κ2) is 42.6. The SMILES string of the molecule is CC/C=C\C/C=C\C/C=C\C/C=C\C/C=C\C/C=C\CCC(=O)OC(COCCCCCCCCCCCC/C=C\CCCCCCCC)COP(=O)(O)OC1C(O)C(O)C(O)C(O)C1O. The van der Waals surface area contributed by atoms with Crippen LogP contribution in [0.25, 0.3) is 0 Å². The van der Waals surface area contributed by atoms with E-state index in [1.165, 1.54) is 89.9 Å². The Hall–Kier alpha value is -2.48. The lowest BCUT2D eigenvalue weighted by atomic mass is 9.85. The average Bonchev–Trinajstić information content (AvgIpc) is 3.30. The number of allylic oxidation sites excluding steroid dienone is 14. The van der Waals surface area contributed by atoms with Gasteiger partial charge in [-0.05, 0) is 77.0 Å². The molecule has 380 valence electrons. The molecule has 0 amide bonds. The highest BCUT2D eigenvalue weighted by molar-refractivity contribution is 7.47. The normalized spacial score (nSPS) is 22.1. The molecule has 0 aliphatic heterocycles. The summed E-state index contributed by atoms with van der Waals surface area (Å²) in [6.45, 7) is 4.06. The molecule has 1 fully saturated rings. The number of hydrogen-bond acceptors (Lipinski definition) is 11. The van der Waals surface area contributed by atoms with Gasteiger partial charge in [-0.1, -0.05) is 182 Å². The number of esters is 1. The number of unbranched alkanes of at least 4 members (excludes halogenated alkanes) is 16. The number of aliphatic hydroxyl groups is 5. The summed E-state index contributed by atoms with van der Waals surface area (Å²) >= 11 is 0. The lowest BCUT2D eigenvalue weighted by Gasteiger charge is -2.41. The highest BCUT2D eigenvalue weighted by atomic mass is 31.2. The summed E-state index contributed by atoms with van der Waals surface area (Å²) in [7, 11) is -5.05. The van der Waals surface area contributed by atoms with Gasteiger partial charge in [0.25, 0.3) is 0 Å². The molecule has 0 aromatic heterocycles. The summed E-state index contributed by atoms with van der Waals surface area (Å²) in [5.41, 5.74) is 0. The first-order valence-corrected chi connectivity index (χ1v) is 26.9. The predicted molar refractivity (Wildman–Crippen MR) is 267 cm³/mol. The number of ether oxygens (including phenoxy) is 2. The van der Waals surface area contributed by atoms with Gasteiger partial charge in [-0.3, -0.25) is 13.8 Å². The summed E-state index contributed by atoms with van der Waals surface area (Å²) in [5.74, 6) is -0.561. The minimum absolute atomic E-state index is 0.0568. The van der Waals surface area contributed by atoms with Crippen LogP contribution < -0.4 is 0 Å². The number of phosphoric ester groups is 1. The Balaban J connectivity index is 2.41. The fourth-order valence-corrected chi connectivity index (χ4v) is 8.23. The van der Waals surface area contributed by atoms with Gasteiger partial charge in [0.2, 0.25) is 0 Å². The van der Waals surface area contributed by atoms with E-state index < -0.39 is 63.1 Å². The maximum absolute atomic E-state index is 12.8. The van der Waals surface area contributed by atoms with Crippen molar-refractivity contribution >= 4 is 13.8 Å². The first-order valence-electron chi connectivity index (χ1n) is 25.4. The van der Waals surface area contributed by atoms with Gasteiger partial charge in [0.15, 0.2) is 0 Å². The van der Waals surface area contributed by atoms with Crippen LogP contribution in [0.1, 0.15) is 181 Å². The van der Waals surface area contributed by atoms with Crippen LogP contribution in [-0.4, -0.2) is 98.9 Å². The molecule has 0 aromatic carbocycles. The number of rotatable bonds is 42. The van der Waals surface area contributed by atoms with Gasteiger partial charge in [-0.25, -0.2) is 4.57 Å². The van der Waals surface area contributed by atoms with E-state index in [9.17, 15) is 39.8 Å². The van der Waals surface area contributed by atoms with Gasteiger partial charge in [-0.15, -0.1) is 0 Å². The maximum atomic E-state index is 12.8. The number of hydrogen-bond donors (Lipinski definition) is 6. The summed E-state index contributed by atoms with van der Waals surface area (Å²) in [6, 6.07) is 0. The standard InChI is InChI=1S/C53H91O12P/c1-3-5-7-9-11-13-15-17-19-21-23-25-27-29-31-33-35-37-39-41-43-62-44-46(45-63-66(60,61)65-53-51(58)49(56)48(55)50(57)52(53)59)64-47(54)42-40-38-36-34-32-30-28-26-24-22-20-18-16-14-12-10-8-6-4-2/h6,8,12,14,17-20,24,26,30,32,36,38,46,48-53,55-59H,3-5,7,9-11,13,15-16,21-23,25,27-29,31,33-35,37,39-45H2,1-2H3,(H,60,61)/b8-6-,14-12-,19-17-,20-18-,26-24-,32-30-,38-36-. The molecule has 0 radical (unpaired) electrons. The molecule has 66 heavy (non-hydrogen) atoms. The molecule has 0 bridgehead atoms. The summed E-state index contributed by atoms with van der Waals surface area (Å²) in [6.07, 6.45) is 45.2. The summed E-state index contributed by atoms with van der Waals surface area (Å²) in [4.78, 5) is 23.2. The van der Waals surface area contributed by atoms with E-state index in [0.717, 1.165) is 57.8 Å². The third-order valence-corrected chi connectivity index (χ3v) is 12.3. The van der Waals surface area contributed by atoms with Crippen LogP contribution in [0, 0.1) is 0 Å². The van der Waals surface area contributed by atoms with Crippen molar-refractivity contribution in [3.05, 3.63) is 85.1 Å². The van der Waals surface area contributed by atoms with Crippen molar-refractivity contribution in [2.24, 2.45) is 0 Å². The minimum Gasteiger partial charge on any atom is -0.457 e. The molecule has 12 nitrogen and oxygen atoms in total. The second-order valence-corrected chi connectivity index (χ2v) is 18.7. The third kappa shape index (κ3) is 33.9. The quantitative estimate of drug-likeness (QED) is 0.0147. The third-order valence-electron chi connectivity index (χ3n) is 11.3. The van der Waals surface area contributed by atoms with E-state index in [4.69, 9.17) is 18.5 Å². The molecule has 1 aliphatic carbocycles. The van der Waals surface area contributed by atoms with Crippen LogP contribution in [-0.2, 0) is 27.9 Å². The van der Waals surface area contributed by atoms with E-state index in [0.29, 0.717) is 19.4 Å². The Morgan fingerprint density at radius 2 is 0.894 bits per heavy atom. The fraction of sp³-hybridized carbons (Fsp3) is 0.717. The monoisotopic (exact) mass is 951 g/mol. The molecule has 0 heterocycles. The molecule has 0 aromatic rings. The van der Waals surface area contributed by atoms with Gasteiger partial charge < -0.3 is 39.9 Å². The molecule has 1 saturated carbocycles. The number of phosphoric acid groups is 1. The maximum Gasteiger partial charge on any atom is 0.472 e. The van der Waals surface area contributed by atoms with Crippen molar-refractivity contribution < 1.29 is 58.3 Å². The molecule has 0 saturated heterocycles. The Morgan fingerprint density at radius 3 is 1.36 bits per heavy atom. The Morgan fingerprint density at radius 1 is 0.500 bits per heavy atom. The van der Waals surface area contributed by atoms with E-state index in [1.807, 2.05) is 12.2 Å². The van der Waals surface area contributed by atoms with Gasteiger partial charge >= 0.3 is 13.8 Å². The molecular formula is C53H91O12P. The molecule has 13 heteroatoms. The molecule has 1 aliphatic rings. The summed E-state index contributed by atoms with van der Waals surface area (Å²) in [5, 5.41) is 50.3. The topological polar surface area (TPSA) is 192 Å².